The molecule has 1 heterocycles. The fraction of sp³-hybridized carbons (Fsp3) is 0.0625. The number of para-hydroxylation sites is 1. The third-order valence-electron chi connectivity index (χ3n) is 3.09. The standard InChI is InChI=1S/C16H13Cl2N5/c17-12-6-2-1-5-11(12)9-19-16-22-15(10-20-23-16)21-14-8-4-3-7-13(14)18/h1-8,10H,9H2,(H2,19,21,22,23). The summed E-state index contributed by atoms with van der Waals surface area (Å²) in [6.45, 7) is 0.511. The highest BCUT2D eigenvalue weighted by atomic mass is 35.5. The van der Waals surface area contributed by atoms with Crippen LogP contribution >= 0.6 is 23.2 Å². The van der Waals surface area contributed by atoms with Gasteiger partial charge in [0, 0.05) is 11.6 Å². The number of hydrogen-bond donors (Lipinski definition) is 2. The summed E-state index contributed by atoms with van der Waals surface area (Å²) < 4.78 is 0. The quantitative estimate of drug-likeness (QED) is 0.710. The van der Waals surface area contributed by atoms with Gasteiger partial charge in [-0.25, -0.2) is 0 Å². The Kier molecular flexibility index (Phi) is 4.90. The molecule has 2 aromatic carbocycles. The van der Waals surface area contributed by atoms with Crippen LogP contribution in [0.15, 0.2) is 54.7 Å². The van der Waals surface area contributed by atoms with E-state index in [-0.39, 0.29) is 0 Å². The number of halogens is 2. The van der Waals surface area contributed by atoms with Gasteiger partial charge < -0.3 is 10.6 Å². The molecule has 0 aliphatic rings. The molecule has 23 heavy (non-hydrogen) atoms. The van der Waals surface area contributed by atoms with Gasteiger partial charge in [0.2, 0.25) is 5.95 Å². The zero-order valence-electron chi connectivity index (χ0n) is 12.0. The van der Waals surface area contributed by atoms with E-state index in [0.717, 1.165) is 11.3 Å². The molecule has 5 nitrogen and oxygen atoms in total. The number of nitrogens with one attached hydrogen (secondary N) is 2. The lowest BCUT2D eigenvalue weighted by Crippen LogP contribution is -2.06. The molecular formula is C16H13Cl2N5. The third-order valence-corrected chi connectivity index (χ3v) is 3.79. The molecule has 0 saturated carbocycles. The summed E-state index contributed by atoms with van der Waals surface area (Å²) >= 11 is 12.2. The minimum absolute atomic E-state index is 0.405. The zero-order chi connectivity index (χ0) is 16.1. The molecule has 0 fully saturated rings. The Morgan fingerprint density at radius 1 is 0.913 bits per heavy atom. The van der Waals surface area contributed by atoms with Crippen LogP contribution in [0.2, 0.25) is 10.0 Å². The predicted octanol–water partition coefficient (Wildman–Crippen LogP) is 4.53. The van der Waals surface area contributed by atoms with Gasteiger partial charge in [0.1, 0.15) is 0 Å². The Morgan fingerprint density at radius 2 is 1.65 bits per heavy atom. The molecule has 0 aliphatic carbocycles. The molecule has 0 bridgehead atoms. The average Bonchev–Trinajstić information content (AvgIpc) is 2.57. The van der Waals surface area contributed by atoms with Crippen molar-refractivity contribution in [3.05, 3.63) is 70.3 Å². The minimum Gasteiger partial charge on any atom is -0.349 e. The third kappa shape index (κ3) is 4.09. The van der Waals surface area contributed by atoms with Gasteiger partial charge in [-0.15, -0.1) is 5.10 Å². The van der Waals surface area contributed by atoms with E-state index in [1.54, 1.807) is 6.07 Å². The van der Waals surface area contributed by atoms with E-state index in [2.05, 4.69) is 25.8 Å². The molecule has 3 rings (SSSR count). The first kappa shape index (κ1) is 15.5. The summed E-state index contributed by atoms with van der Waals surface area (Å²) in [6.07, 6.45) is 1.53. The van der Waals surface area contributed by atoms with Crippen LogP contribution in [0.4, 0.5) is 17.5 Å². The second kappa shape index (κ2) is 7.26. The largest absolute Gasteiger partial charge is 0.349 e. The molecule has 1 aromatic heterocycles. The van der Waals surface area contributed by atoms with Crippen LogP contribution in [0.3, 0.4) is 0 Å². The number of nitrogens with zero attached hydrogens (tertiary/aromatic N) is 3. The lowest BCUT2D eigenvalue weighted by Gasteiger charge is -2.09. The Hall–Kier alpha value is -2.37. The molecule has 116 valence electrons. The average molecular weight is 346 g/mol. The second-order valence-electron chi connectivity index (χ2n) is 4.72. The van der Waals surface area contributed by atoms with Gasteiger partial charge >= 0.3 is 0 Å². The van der Waals surface area contributed by atoms with Gasteiger partial charge in [-0.3, -0.25) is 0 Å². The lowest BCUT2D eigenvalue weighted by atomic mass is 10.2. The van der Waals surface area contributed by atoms with Crippen LogP contribution in [0.1, 0.15) is 5.56 Å². The number of aromatic nitrogens is 3. The highest BCUT2D eigenvalue weighted by Crippen LogP contribution is 2.23. The van der Waals surface area contributed by atoms with Crippen molar-refractivity contribution in [3.63, 3.8) is 0 Å². The van der Waals surface area contributed by atoms with E-state index in [1.165, 1.54) is 6.20 Å². The fourth-order valence-electron chi connectivity index (χ4n) is 1.96. The molecule has 0 spiro atoms. The van der Waals surface area contributed by atoms with Crippen LogP contribution < -0.4 is 10.6 Å². The van der Waals surface area contributed by atoms with Gasteiger partial charge in [-0.2, -0.15) is 10.1 Å². The maximum absolute atomic E-state index is 6.12. The molecule has 7 heteroatoms. The summed E-state index contributed by atoms with van der Waals surface area (Å²) in [4.78, 5) is 4.36. The normalized spacial score (nSPS) is 10.3. The molecular weight excluding hydrogens is 333 g/mol. The Morgan fingerprint density at radius 3 is 2.43 bits per heavy atom. The van der Waals surface area contributed by atoms with E-state index in [0.29, 0.717) is 28.4 Å². The monoisotopic (exact) mass is 345 g/mol. The minimum atomic E-state index is 0.405. The summed E-state index contributed by atoms with van der Waals surface area (Å²) in [5.41, 5.74) is 1.72. The van der Waals surface area contributed by atoms with E-state index >= 15 is 0 Å². The van der Waals surface area contributed by atoms with Crippen molar-refractivity contribution in [2.24, 2.45) is 0 Å². The first-order chi connectivity index (χ1) is 11.2. The Bertz CT molecular complexity index is 810. The summed E-state index contributed by atoms with van der Waals surface area (Å²) in [6, 6.07) is 15.0. The zero-order valence-corrected chi connectivity index (χ0v) is 13.5. The second-order valence-corrected chi connectivity index (χ2v) is 5.53. The van der Waals surface area contributed by atoms with Crippen molar-refractivity contribution in [1.82, 2.24) is 15.2 Å². The van der Waals surface area contributed by atoms with Crippen molar-refractivity contribution < 1.29 is 0 Å². The summed E-state index contributed by atoms with van der Waals surface area (Å²) in [5, 5.41) is 15.4. The fourth-order valence-corrected chi connectivity index (χ4v) is 2.34. The van der Waals surface area contributed by atoms with Crippen LogP contribution in [-0.2, 0) is 6.54 Å². The van der Waals surface area contributed by atoms with E-state index in [4.69, 9.17) is 23.2 Å². The molecule has 0 unspecified atom stereocenters. The molecule has 0 aliphatic heterocycles. The van der Waals surface area contributed by atoms with Crippen molar-refractivity contribution >= 4 is 40.7 Å². The van der Waals surface area contributed by atoms with Gasteiger partial charge in [-0.1, -0.05) is 53.5 Å². The highest BCUT2D eigenvalue weighted by molar-refractivity contribution is 6.33. The molecule has 0 saturated heterocycles. The Labute approximate surface area is 143 Å². The van der Waals surface area contributed by atoms with Crippen LogP contribution in [0.25, 0.3) is 0 Å². The first-order valence-electron chi connectivity index (χ1n) is 6.91. The lowest BCUT2D eigenvalue weighted by molar-refractivity contribution is 0.949. The van der Waals surface area contributed by atoms with E-state index < -0.39 is 0 Å². The van der Waals surface area contributed by atoms with E-state index in [1.807, 2.05) is 42.5 Å². The van der Waals surface area contributed by atoms with Gasteiger partial charge in [-0.05, 0) is 23.8 Å². The van der Waals surface area contributed by atoms with Crippen molar-refractivity contribution in [3.8, 4) is 0 Å². The summed E-state index contributed by atoms with van der Waals surface area (Å²) in [5.74, 6) is 0.955. The Balaban J connectivity index is 1.70. The van der Waals surface area contributed by atoms with Crippen LogP contribution in [0.5, 0.6) is 0 Å². The van der Waals surface area contributed by atoms with Crippen molar-refractivity contribution in [2.45, 2.75) is 6.54 Å². The van der Waals surface area contributed by atoms with Gasteiger partial charge in [0.25, 0.3) is 0 Å². The van der Waals surface area contributed by atoms with E-state index in [9.17, 15) is 0 Å². The number of benzene rings is 2. The van der Waals surface area contributed by atoms with Crippen LogP contribution in [-0.4, -0.2) is 15.2 Å². The van der Waals surface area contributed by atoms with Crippen LogP contribution in [0, 0.1) is 0 Å². The maximum Gasteiger partial charge on any atom is 0.244 e. The molecule has 3 aromatic rings. The predicted molar refractivity (Wildman–Crippen MR) is 93.3 cm³/mol. The number of hydrogen-bond acceptors (Lipinski definition) is 5. The topological polar surface area (TPSA) is 62.7 Å². The molecule has 0 radical (unpaired) electrons. The first-order valence-corrected chi connectivity index (χ1v) is 7.66. The number of anilines is 3. The maximum atomic E-state index is 6.12. The number of rotatable bonds is 5. The summed E-state index contributed by atoms with van der Waals surface area (Å²) in [7, 11) is 0. The van der Waals surface area contributed by atoms with Crippen molar-refractivity contribution in [2.75, 3.05) is 10.6 Å². The van der Waals surface area contributed by atoms with Gasteiger partial charge in [0.15, 0.2) is 5.82 Å². The van der Waals surface area contributed by atoms with Crippen molar-refractivity contribution in [1.29, 1.82) is 0 Å². The highest BCUT2D eigenvalue weighted by Gasteiger charge is 2.05. The smallest absolute Gasteiger partial charge is 0.244 e. The van der Waals surface area contributed by atoms with Gasteiger partial charge in [0.05, 0.1) is 16.9 Å². The molecule has 0 atom stereocenters. The molecule has 0 amide bonds. The molecule has 2 N–H and O–H groups in total. The SMILES string of the molecule is Clc1ccccc1CNc1nncc(Nc2ccccc2Cl)n1.